The topological polar surface area (TPSA) is 77.1 Å². The molecule has 7 heteroatoms. The quantitative estimate of drug-likeness (QED) is 0.772. The summed E-state index contributed by atoms with van der Waals surface area (Å²) >= 11 is 0. The van der Waals surface area contributed by atoms with Gasteiger partial charge in [-0.05, 0) is 37.3 Å². The van der Waals surface area contributed by atoms with E-state index >= 15 is 0 Å². The van der Waals surface area contributed by atoms with Crippen LogP contribution in [0, 0.1) is 0 Å². The first-order valence-electron chi connectivity index (χ1n) is 9.22. The van der Waals surface area contributed by atoms with Gasteiger partial charge in [0.05, 0.1) is 43.7 Å². The van der Waals surface area contributed by atoms with Crippen molar-refractivity contribution < 1.29 is 23.8 Å². The molecule has 0 spiro atoms. The molecule has 1 fully saturated rings. The van der Waals surface area contributed by atoms with E-state index in [0.717, 1.165) is 18.8 Å². The van der Waals surface area contributed by atoms with Crippen molar-refractivity contribution in [2.24, 2.45) is 0 Å². The number of ether oxygens (including phenoxy) is 3. The smallest absolute Gasteiger partial charge is 0.340 e. The van der Waals surface area contributed by atoms with Crippen molar-refractivity contribution >= 4 is 23.3 Å². The Bertz CT molecular complexity index is 846. The summed E-state index contributed by atoms with van der Waals surface area (Å²) in [5.74, 6) is -0.371. The van der Waals surface area contributed by atoms with Crippen LogP contribution < -0.4 is 15.0 Å². The molecule has 1 saturated heterocycles. The number of hydrogen-bond acceptors (Lipinski definition) is 6. The van der Waals surface area contributed by atoms with Crippen molar-refractivity contribution in [3.63, 3.8) is 0 Å². The highest BCUT2D eigenvalue weighted by Gasteiger charge is 2.20. The third-order valence-corrected chi connectivity index (χ3v) is 4.46. The molecule has 2 aromatic carbocycles. The molecule has 0 saturated carbocycles. The summed E-state index contributed by atoms with van der Waals surface area (Å²) in [6, 6.07) is 12.3. The first kappa shape index (κ1) is 19.7. The van der Waals surface area contributed by atoms with Gasteiger partial charge in [-0.15, -0.1) is 0 Å². The van der Waals surface area contributed by atoms with Crippen molar-refractivity contribution in [3.8, 4) is 5.75 Å². The number of rotatable bonds is 6. The Kier molecular flexibility index (Phi) is 6.49. The number of nitrogens with zero attached hydrogens (tertiary/aromatic N) is 1. The molecule has 1 N–H and O–H groups in total. The molecule has 0 radical (unpaired) electrons. The van der Waals surface area contributed by atoms with Crippen LogP contribution in [-0.2, 0) is 9.47 Å². The molecule has 7 nitrogen and oxygen atoms in total. The highest BCUT2D eigenvalue weighted by molar-refractivity contribution is 6.09. The van der Waals surface area contributed by atoms with E-state index in [0.29, 0.717) is 42.4 Å². The Labute approximate surface area is 164 Å². The number of para-hydroxylation sites is 1. The van der Waals surface area contributed by atoms with Crippen molar-refractivity contribution in [2.45, 2.75) is 6.92 Å². The van der Waals surface area contributed by atoms with Gasteiger partial charge in [-0.25, -0.2) is 4.79 Å². The van der Waals surface area contributed by atoms with Crippen LogP contribution in [0.15, 0.2) is 42.5 Å². The third kappa shape index (κ3) is 4.43. The predicted octanol–water partition coefficient (Wildman–Crippen LogP) is 2.96. The van der Waals surface area contributed by atoms with Gasteiger partial charge < -0.3 is 24.4 Å². The molecule has 0 bridgehead atoms. The van der Waals surface area contributed by atoms with Gasteiger partial charge in [-0.3, -0.25) is 4.79 Å². The Morgan fingerprint density at radius 3 is 2.57 bits per heavy atom. The van der Waals surface area contributed by atoms with Gasteiger partial charge in [0, 0.05) is 18.8 Å². The molecule has 2 aromatic rings. The average Bonchev–Trinajstić information content (AvgIpc) is 2.74. The Hall–Kier alpha value is -3.06. The number of benzene rings is 2. The summed E-state index contributed by atoms with van der Waals surface area (Å²) in [5, 5.41) is 2.81. The second-order valence-electron chi connectivity index (χ2n) is 6.20. The summed E-state index contributed by atoms with van der Waals surface area (Å²) in [4.78, 5) is 27.2. The SMILES string of the molecule is CCOc1ccccc1C(=O)Nc1ccc(N2CCOCC2)cc1C(=O)OC. The van der Waals surface area contributed by atoms with E-state index in [4.69, 9.17) is 14.2 Å². The van der Waals surface area contributed by atoms with Crippen LogP contribution in [0.1, 0.15) is 27.6 Å². The van der Waals surface area contributed by atoms with Crippen LogP contribution in [-0.4, -0.2) is 51.9 Å². The molecule has 0 atom stereocenters. The van der Waals surface area contributed by atoms with Gasteiger partial charge in [0.25, 0.3) is 5.91 Å². The van der Waals surface area contributed by atoms with Crippen molar-refractivity contribution in [1.82, 2.24) is 0 Å². The molecule has 1 aliphatic heterocycles. The normalized spacial score (nSPS) is 13.7. The number of esters is 1. The van der Waals surface area contributed by atoms with Gasteiger partial charge >= 0.3 is 5.97 Å². The number of anilines is 2. The van der Waals surface area contributed by atoms with Crippen LogP contribution in [0.25, 0.3) is 0 Å². The standard InChI is InChI=1S/C21H24N2O5/c1-3-28-19-7-5-4-6-16(19)20(24)22-18-9-8-15(14-17(18)21(25)26-2)23-10-12-27-13-11-23/h4-9,14H,3,10-13H2,1-2H3,(H,22,24). The lowest BCUT2D eigenvalue weighted by atomic mass is 10.1. The maximum atomic E-state index is 12.8. The van der Waals surface area contributed by atoms with Gasteiger partial charge in [-0.2, -0.15) is 0 Å². The zero-order valence-electron chi connectivity index (χ0n) is 16.1. The number of amides is 1. The van der Waals surface area contributed by atoms with Crippen LogP contribution in [0.4, 0.5) is 11.4 Å². The van der Waals surface area contributed by atoms with Gasteiger partial charge in [-0.1, -0.05) is 12.1 Å². The number of carbonyl (C=O) groups excluding carboxylic acids is 2. The molecule has 3 rings (SSSR count). The first-order valence-corrected chi connectivity index (χ1v) is 9.22. The lowest BCUT2D eigenvalue weighted by molar-refractivity contribution is 0.0602. The fourth-order valence-corrected chi connectivity index (χ4v) is 3.06. The molecular formula is C21H24N2O5. The average molecular weight is 384 g/mol. The minimum absolute atomic E-state index is 0.300. The summed E-state index contributed by atoms with van der Waals surface area (Å²) < 4.78 is 15.8. The van der Waals surface area contributed by atoms with Crippen molar-refractivity contribution in [3.05, 3.63) is 53.6 Å². The summed E-state index contributed by atoms with van der Waals surface area (Å²) in [6.45, 7) is 5.07. The van der Waals surface area contributed by atoms with Gasteiger partial charge in [0.15, 0.2) is 0 Å². The molecule has 0 aliphatic carbocycles. The minimum Gasteiger partial charge on any atom is -0.493 e. The number of methoxy groups -OCH3 is 1. The van der Waals surface area contributed by atoms with Gasteiger partial charge in [0.2, 0.25) is 0 Å². The minimum atomic E-state index is -0.511. The third-order valence-electron chi connectivity index (χ3n) is 4.46. The number of hydrogen-bond donors (Lipinski definition) is 1. The van der Waals surface area contributed by atoms with Crippen LogP contribution in [0.2, 0.25) is 0 Å². The second-order valence-corrected chi connectivity index (χ2v) is 6.20. The van der Waals surface area contributed by atoms with E-state index in [9.17, 15) is 9.59 Å². The Balaban J connectivity index is 1.88. The van der Waals surface area contributed by atoms with Crippen LogP contribution >= 0.6 is 0 Å². The van der Waals surface area contributed by atoms with Crippen LogP contribution in [0.3, 0.4) is 0 Å². The lowest BCUT2D eigenvalue weighted by Gasteiger charge is -2.29. The fraction of sp³-hybridized carbons (Fsp3) is 0.333. The molecule has 1 amide bonds. The molecular weight excluding hydrogens is 360 g/mol. The van der Waals surface area contributed by atoms with Crippen LogP contribution in [0.5, 0.6) is 5.75 Å². The van der Waals surface area contributed by atoms with E-state index in [1.54, 1.807) is 36.4 Å². The number of morpholine rings is 1. The Morgan fingerprint density at radius 1 is 1.11 bits per heavy atom. The van der Waals surface area contributed by atoms with Crippen molar-refractivity contribution in [1.29, 1.82) is 0 Å². The summed E-state index contributed by atoms with van der Waals surface area (Å²) in [6.07, 6.45) is 0. The monoisotopic (exact) mass is 384 g/mol. The molecule has 1 heterocycles. The zero-order valence-corrected chi connectivity index (χ0v) is 16.1. The summed E-state index contributed by atoms with van der Waals surface area (Å²) in [5.41, 5.74) is 1.97. The van der Waals surface area contributed by atoms with E-state index in [-0.39, 0.29) is 5.91 Å². The van der Waals surface area contributed by atoms with Gasteiger partial charge in [0.1, 0.15) is 5.75 Å². The summed E-state index contributed by atoms with van der Waals surface area (Å²) in [7, 11) is 1.32. The Morgan fingerprint density at radius 2 is 1.86 bits per heavy atom. The predicted molar refractivity (Wildman–Crippen MR) is 106 cm³/mol. The number of carbonyl (C=O) groups is 2. The first-order chi connectivity index (χ1) is 13.6. The van der Waals surface area contributed by atoms with E-state index in [2.05, 4.69) is 10.2 Å². The van der Waals surface area contributed by atoms with E-state index < -0.39 is 5.97 Å². The zero-order chi connectivity index (χ0) is 19.9. The van der Waals surface area contributed by atoms with E-state index in [1.807, 2.05) is 13.0 Å². The molecule has 0 unspecified atom stereocenters. The molecule has 1 aliphatic rings. The molecule has 148 valence electrons. The van der Waals surface area contributed by atoms with E-state index in [1.165, 1.54) is 7.11 Å². The molecule has 0 aromatic heterocycles. The maximum Gasteiger partial charge on any atom is 0.340 e. The van der Waals surface area contributed by atoms with Crippen molar-refractivity contribution in [2.75, 3.05) is 50.2 Å². The highest BCUT2D eigenvalue weighted by atomic mass is 16.5. The highest BCUT2D eigenvalue weighted by Crippen LogP contribution is 2.26. The number of nitrogens with one attached hydrogen (secondary N) is 1. The largest absolute Gasteiger partial charge is 0.493 e. The lowest BCUT2D eigenvalue weighted by Crippen LogP contribution is -2.36. The second kappa shape index (κ2) is 9.23. The fourth-order valence-electron chi connectivity index (χ4n) is 3.06. The molecule has 28 heavy (non-hydrogen) atoms. The maximum absolute atomic E-state index is 12.8.